The maximum Gasteiger partial charge on any atom is 0.407 e. The van der Waals surface area contributed by atoms with Crippen LogP contribution in [0.5, 0.6) is 0 Å². The zero-order valence-electron chi connectivity index (χ0n) is 19.4. The fourth-order valence-electron chi connectivity index (χ4n) is 4.63. The van der Waals surface area contributed by atoms with Gasteiger partial charge in [-0.1, -0.05) is 0 Å². The molecule has 2 aliphatic rings. The van der Waals surface area contributed by atoms with Crippen molar-refractivity contribution in [2.24, 2.45) is 5.92 Å². The number of aromatic nitrogens is 1. The number of benzene rings is 1. The molecule has 1 unspecified atom stereocenters. The largest absolute Gasteiger partial charge is 0.477 e. The van der Waals surface area contributed by atoms with Gasteiger partial charge in [-0.3, -0.25) is 4.79 Å². The van der Waals surface area contributed by atoms with Gasteiger partial charge in [0.25, 0.3) is 5.56 Å². The van der Waals surface area contributed by atoms with Crippen LogP contribution < -0.4 is 15.8 Å². The minimum Gasteiger partial charge on any atom is -0.477 e. The van der Waals surface area contributed by atoms with E-state index in [1.54, 1.807) is 27.7 Å². The summed E-state index contributed by atoms with van der Waals surface area (Å²) in [6.07, 6.45) is 1.90. The molecule has 1 aromatic heterocycles. The molecule has 178 valence electrons. The number of carboxylic acids is 1. The molecule has 9 heteroatoms. The maximum atomic E-state index is 15.3. The number of alkyl carbamates (subject to hydrolysis) is 1. The van der Waals surface area contributed by atoms with Gasteiger partial charge in [0.2, 0.25) is 0 Å². The number of hydrogen-bond acceptors (Lipinski definition) is 5. The number of aryl methyl sites for hydroxylation is 1. The summed E-state index contributed by atoms with van der Waals surface area (Å²) in [5.74, 6) is -1.62. The number of fused-ring (bicyclic) bond motifs is 1. The molecule has 1 aliphatic carbocycles. The molecule has 8 nitrogen and oxygen atoms in total. The number of hydrogen-bond donors (Lipinski definition) is 2. The van der Waals surface area contributed by atoms with E-state index < -0.39 is 29.0 Å². The molecule has 1 aromatic carbocycles. The smallest absolute Gasteiger partial charge is 0.407 e. The Balaban J connectivity index is 1.62. The van der Waals surface area contributed by atoms with Crippen molar-refractivity contribution in [1.29, 1.82) is 0 Å². The average molecular weight is 460 g/mol. The van der Waals surface area contributed by atoms with Gasteiger partial charge in [-0.15, -0.1) is 0 Å². The summed E-state index contributed by atoms with van der Waals surface area (Å²) < 4.78 is 22.1. The van der Waals surface area contributed by atoms with Crippen LogP contribution in [0.4, 0.5) is 14.9 Å². The van der Waals surface area contributed by atoms with Crippen molar-refractivity contribution in [3.63, 3.8) is 0 Å². The molecule has 2 aromatic rings. The van der Waals surface area contributed by atoms with E-state index in [1.807, 2.05) is 4.90 Å². The van der Waals surface area contributed by atoms with Gasteiger partial charge >= 0.3 is 12.1 Å². The average Bonchev–Trinajstić information content (AvgIpc) is 3.43. The fraction of sp³-hybridized carbons (Fsp3) is 0.542. The Kier molecular flexibility index (Phi) is 5.84. The summed E-state index contributed by atoms with van der Waals surface area (Å²) >= 11 is 0. The summed E-state index contributed by atoms with van der Waals surface area (Å²) in [4.78, 5) is 38.4. The number of pyridine rings is 1. The molecular weight excluding hydrogens is 429 g/mol. The van der Waals surface area contributed by atoms with E-state index in [2.05, 4.69) is 5.32 Å². The summed E-state index contributed by atoms with van der Waals surface area (Å²) in [6, 6.07) is 2.55. The molecule has 1 saturated heterocycles. The highest BCUT2D eigenvalue weighted by Gasteiger charge is 2.32. The van der Waals surface area contributed by atoms with E-state index >= 15 is 4.39 Å². The second kappa shape index (κ2) is 8.35. The van der Waals surface area contributed by atoms with Gasteiger partial charge in [-0.25, -0.2) is 14.0 Å². The zero-order chi connectivity index (χ0) is 24.1. The molecule has 2 fully saturated rings. The van der Waals surface area contributed by atoms with E-state index in [9.17, 15) is 19.5 Å². The monoisotopic (exact) mass is 459 g/mol. The molecule has 0 bridgehead atoms. The van der Waals surface area contributed by atoms with Crippen molar-refractivity contribution < 1.29 is 23.8 Å². The summed E-state index contributed by atoms with van der Waals surface area (Å²) in [6.45, 7) is 8.78. The normalized spacial score (nSPS) is 18.6. The van der Waals surface area contributed by atoms with E-state index in [1.165, 1.54) is 16.7 Å². The zero-order valence-corrected chi connectivity index (χ0v) is 19.4. The van der Waals surface area contributed by atoms with Gasteiger partial charge in [0.05, 0.1) is 11.2 Å². The summed E-state index contributed by atoms with van der Waals surface area (Å²) in [5.41, 5.74) is 0.203. The van der Waals surface area contributed by atoms with Crippen LogP contribution in [0.15, 0.2) is 16.9 Å². The Morgan fingerprint density at radius 1 is 1.24 bits per heavy atom. The van der Waals surface area contributed by atoms with E-state index in [0.717, 1.165) is 19.3 Å². The summed E-state index contributed by atoms with van der Waals surface area (Å²) in [5, 5.41) is 12.6. The Hall–Kier alpha value is -3.10. The van der Waals surface area contributed by atoms with Crippen LogP contribution in [-0.4, -0.2) is 47.0 Å². The third-order valence-electron chi connectivity index (χ3n) is 6.16. The first kappa shape index (κ1) is 23.1. The molecule has 4 rings (SSSR count). The quantitative estimate of drug-likeness (QED) is 0.705. The lowest BCUT2D eigenvalue weighted by molar-refractivity contribution is 0.0520. The van der Waals surface area contributed by atoms with Crippen molar-refractivity contribution >= 4 is 28.7 Å². The molecule has 0 spiro atoms. The number of amides is 1. The van der Waals surface area contributed by atoms with Crippen LogP contribution in [-0.2, 0) is 4.74 Å². The number of ether oxygens (including phenoxy) is 1. The van der Waals surface area contributed by atoms with Crippen molar-refractivity contribution in [2.45, 2.75) is 58.6 Å². The SMILES string of the molecule is Cc1c(N2CCC(CNC(=O)OC(C)(C)C)C2)c(F)cc2cc(C(=O)O)c(=O)n(C3CC3)c12. The molecule has 1 aliphatic heterocycles. The van der Waals surface area contributed by atoms with Gasteiger partial charge in [0.15, 0.2) is 0 Å². The lowest BCUT2D eigenvalue weighted by atomic mass is 10.0. The molecule has 0 radical (unpaired) electrons. The highest BCUT2D eigenvalue weighted by molar-refractivity contribution is 5.95. The first-order valence-corrected chi connectivity index (χ1v) is 11.3. The molecule has 33 heavy (non-hydrogen) atoms. The van der Waals surface area contributed by atoms with Gasteiger partial charge < -0.3 is 24.6 Å². The standard InChI is InChI=1S/C24H30FN3O5/c1-13-19-15(9-17(22(30)31)21(29)28(19)16-5-6-16)10-18(25)20(13)27-8-7-14(12-27)11-26-23(32)33-24(2,3)4/h9-10,14,16H,5-8,11-12H2,1-4H3,(H,26,32)(H,30,31). The minimum absolute atomic E-state index is 0.0549. The highest BCUT2D eigenvalue weighted by Crippen LogP contribution is 2.40. The lowest BCUT2D eigenvalue weighted by Crippen LogP contribution is -2.36. The van der Waals surface area contributed by atoms with Gasteiger partial charge in [0.1, 0.15) is 17.0 Å². The number of carbonyl (C=O) groups is 2. The van der Waals surface area contributed by atoms with Gasteiger partial charge in [-0.2, -0.15) is 0 Å². The van der Waals surface area contributed by atoms with Crippen molar-refractivity contribution in [3.05, 3.63) is 39.4 Å². The van der Waals surface area contributed by atoms with Crippen LogP contribution in [0.2, 0.25) is 0 Å². The molecule has 2 N–H and O–H groups in total. The number of aromatic carboxylic acids is 1. The van der Waals surface area contributed by atoms with Crippen LogP contribution >= 0.6 is 0 Å². The predicted octanol–water partition coefficient (Wildman–Crippen LogP) is 3.83. The Morgan fingerprint density at radius 2 is 1.94 bits per heavy atom. The first-order chi connectivity index (χ1) is 15.5. The Morgan fingerprint density at radius 3 is 2.55 bits per heavy atom. The van der Waals surface area contributed by atoms with Crippen molar-refractivity contribution in [3.8, 4) is 0 Å². The second-order valence-corrected chi connectivity index (χ2v) is 10.0. The number of nitrogens with zero attached hydrogens (tertiary/aromatic N) is 2. The number of carboxylic acid groups (broad SMARTS) is 1. The van der Waals surface area contributed by atoms with E-state index in [0.29, 0.717) is 41.8 Å². The second-order valence-electron chi connectivity index (χ2n) is 10.0. The van der Waals surface area contributed by atoms with Crippen LogP contribution in [0, 0.1) is 18.7 Å². The number of rotatable bonds is 5. The molecule has 1 amide bonds. The minimum atomic E-state index is -1.31. The fourth-order valence-corrected chi connectivity index (χ4v) is 4.63. The molecular formula is C24H30FN3O5. The third kappa shape index (κ3) is 4.67. The third-order valence-corrected chi connectivity index (χ3v) is 6.16. The predicted molar refractivity (Wildman–Crippen MR) is 123 cm³/mol. The molecule has 1 saturated carbocycles. The van der Waals surface area contributed by atoms with E-state index in [-0.39, 0.29) is 17.5 Å². The number of anilines is 1. The van der Waals surface area contributed by atoms with Crippen LogP contribution in [0.1, 0.15) is 62.0 Å². The maximum absolute atomic E-state index is 15.3. The molecule has 2 heterocycles. The first-order valence-electron chi connectivity index (χ1n) is 11.3. The topological polar surface area (TPSA) is 101 Å². The highest BCUT2D eigenvalue weighted by atomic mass is 19.1. The van der Waals surface area contributed by atoms with Crippen LogP contribution in [0.25, 0.3) is 10.9 Å². The molecule has 1 atom stereocenters. The van der Waals surface area contributed by atoms with Crippen molar-refractivity contribution in [1.82, 2.24) is 9.88 Å². The summed E-state index contributed by atoms with van der Waals surface area (Å²) in [7, 11) is 0. The Bertz CT molecular complexity index is 1180. The van der Waals surface area contributed by atoms with E-state index in [4.69, 9.17) is 4.74 Å². The van der Waals surface area contributed by atoms with Crippen molar-refractivity contribution in [2.75, 3.05) is 24.5 Å². The number of carbonyl (C=O) groups excluding carboxylic acids is 1. The van der Waals surface area contributed by atoms with Gasteiger partial charge in [0, 0.05) is 31.1 Å². The van der Waals surface area contributed by atoms with Gasteiger partial charge in [-0.05, 0) is 70.6 Å². The Labute approximate surface area is 191 Å². The lowest BCUT2D eigenvalue weighted by Gasteiger charge is -2.24. The van der Waals surface area contributed by atoms with Crippen LogP contribution in [0.3, 0.4) is 0 Å². The number of halogens is 1. The number of nitrogens with one attached hydrogen (secondary N) is 1.